The van der Waals surface area contributed by atoms with Gasteiger partial charge in [-0.05, 0) is 40.4 Å². The third-order valence-corrected chi connectivity index (χ3v) is 5.01. The number of carbonyl (C=O) groups is 3. The number of carbonyl (C=O) groups excluding carboxylic acids is 3. The molecule has 1 N–H and O–H groups in total. The van der Waals surface area contributed by atoms with E-state index in [0.29, 0.717) is 19.8 Å². The molecule has 0 aromatic carbocycles. The minimum atomic E-state index is -0.446. The van der Waals surface area contributed by atoms with Gasteiger partial charge in [0, 0.05) is 25.9 Å². The second-order valence-electron chi connectivity index (χ2n) is 8.14. The van der Waals surface area contributed by atoms with E-state index in [-0.39, 0.29) is 48.0 Å². The minimum Gasteiger partial charge on any atom is -0.373 e. The van der Waals surface area contributed by atoms with E-state index in [1.54, 1.807) is 0 Å². The number of imide groups is 1. The van der Waals surface area contributed by atoms with Gasteiger partial charge >= 0.3 is 0 Å². The highest BCUT2D eigenvalue weighted by Crippen LogP contribution is 2.24. The van der Waals surface area contributed by atoms with Crippen LogP contribution in [0.15, 0.2) is 0 Å². The second-order valence-corrected chi connectivity index (χ2v) is 9.62. The molecule has 1 saturated heterocycles. The lowest BCUT2D eigenvalue weighted by molar-refractivity contribution is -0.138. The molecule has 1 unspecified atom stereocenters. The van der Waals surface area contributed by atoms with Crippen molar-refractivity contribution in [3.05, 3.63) is 0 Å². The molecule has 0 aromatic heterocycles. The first kappa shape index (κ1) is 23.9. The number of amides is 3. The van der Waals surface area contributed by atoms with Crippen molar-refractivity contribution >= 4 is 29.5 Å². The van der Waals surface area contributed by atoms with Gasteiger partial charge in [0.25, 0.3) is 0 Å². The monoisotopic (exact) mass is 402 g/mol. The van der Waals surface area contributed by atoms with Crippen molar-refractivity contribution < 1.29 is 23.9 Å². The van der Waals surface area contributed by atoms with E-state index in [1.807, 2.05) is 41.5 Å². The summed E-state index contributed by atoms with van der Waals surface area (Å²) in [5, 5.41) is 2.46. The summed E-state index contributed by atoms with van der Waals surface area (Å²) in [6.07, 6.45) is 0.343. The van der Waals surface area contributed by atoms with E-state index in [2.05, 4.69) is 5.32 Å². The Balaban J connectivity index is 2.24. The Kier molecular flexibility index (Phi) is 9.24. The largest absolute Gasteiger partial charge is 0.373 e. The molecule has 1 fully saturated rings. The highest BCUT2D eigenvalue weighted by atomic mass is 32.2. The van der Waals surface area contributed by atoms with Crippen LogP contribution in [0.25, 0.3) is 0 Å². The maximum Gasteiger partial charge on any atom is 0.242 e. The van der Waals surface area contributed by atoms with Crippen molar-refractivity contribution in [1.29, 1.82) is 0 Å². The van der Waals surface area contributed by atoms with E-state index >= 15 is 0 Å². The fraction of sp³-hybridized carbons (Fsp3) is 0.842. The van der Waals surface area contributed by atoms with Crippen LogP contribution < -0.4 is 5.32 Å². The average molecular weight is 403 g/mol. The minimum absolute atomic E-state index is 0.109. The molecule has 0 spiro atoms. The first-order valence-electron chi connectivity index (χ1n) is 9.45. The fourth-order valence-corrected chi connectivity index (χ4v) is 3.40. The molecule has 1 aliphatic heterocycles. The zero-order valence-electron chi connectivity index (χ0n) is 17.4. The standard InChI is InChI=1S/C19H34N2O5S/c1-7-27-14-12-16(23)21(17(14)24)10-8-15(22)20-9-11-25-19(5,6)13-26-18(2,3)4/h14H,7-13H2,1-6H3,(H,20,22). The average Bonchev–Trinajstić information content (AvgIpc) is 2.82. The summed E-state index contributed by atoms with van der Waals surface area (Å²) in [5.74, 6) is 0.218. The van der Waals surface area contributed by atoms with Crippen LogP contribution in [0.3, 0.4) is 0 Å². The Morgan fingerprint density at radius 3 is 2.48 bits per heavy atom. The molecule has 1 aliphatic rings. The normalized spacial score (nSPS) is 18.3. The van der Waals surface area contributed by atoms with Crippen molar-refractivity contribution in [2.24, 2.45) is 0 Å². The lowest BCUT2D eigenvalue weighted by Crippen LogP contribution is -2.39. The summed E-state index contributed by atoms with van der Waals surface area (Å²) in [6.45, 7) is 13.1. The third kappa shape index (κ3) is 9.08. The maximum atomic E-state index is 12.1. The Labute approximate surface area is 166 Å². The summed E-state index contributed by atoms with van der Waals surface area (Å²) >= 11 is 1.47. The maximum absolute atomic E-state index is 12.1. The number of likely N-dealkylation sites (tertiary alicyclic amines) is 1. The molecule has 27 heavy (non-hydrogen) atoms. The molecule has 0 aliphatic carbocycles. The Morgan fingerprint density at radius 2 is 1.89 bits per heavy atom. The summed E-state index contributed by atoms with van der Waals surface area (Å²) in [7, 11) is 0. The van der Waals surface area contributed by atoms with Crippen LogP contribution >= 0.6 is 11.8 Å². The van der Waals surface area contributed by atoms with Gasteiger partial charge in [-0.2, -0.15) is 0 Å². The van der Waals surface area contributed by atoms with E-state index in [0.717, 1.165) is 5.75 Å². The van der Waals surface area contributed by atoms with Gasteiger partial charge in [-0.25, -0.2) is 0 Å². The number of nitrogens with zero attached hydrogens (tertiary/aromatic N) is 1. The number of hydrogen-bond donors (Lipinski definition) is 1. The lowest BCUT2D eigenvalue weighted by atomic mass is 10.1. The number of thioether (sulfide) groups is 1. The van der Waals surface area contributed by atoms with Gasteiger partial charge in [0.2, 0.25) is 17.7 Å². The van der Waals surface area contributed by atoms with Crippen LogP contribution in [-0.2, 0) is 23.9 Å². The van der Waals surface area contributed by atoms with Crippen molar-refractivity contribution in [2.45, 2.75) is 70.8 Å². The summed E-state index contributed by atoms with van der Waals surface area (Å²) in [4.78, 5) is 37.2. The van der Waals surface area contributed by atoms with Crippen molar-refractivity contribution in [3.63, 3.8) is 0 Å². The summed E-state index contributed by atoms with van der Waals surface area (Å²) in [5.41, 5.74) is -0.674. The van der Waals surface area contributed by atoms with Gasteiger partial charge in [0.15, 0.2) is 0 Å². The van der Waals surface area contributed by atoms with E-state index in [4.69, 9.17) is 9.47 Å². The lowest BCUT2D eigenvalue weighted by Gasteiger charge is -2.30. The zero-order valence-corrected chi connectivity index (χ0v) is 18.2. The molecule has 0 radical (unpaired) electrons. The number of rotatable bonds is 11. The quantitative estimate of drug-likeness (QED) is 0.420. The van der Waals surface area contributed by atoms with Gasteiger partial charge < -0.3 is 14.8 Å². The van der Waals surface area contributed by atoms with Gasteiger partial charge in [0.05, 0.1) is 29.7 Å². The Morgan fingerprint density at radius 1 is 1.22 bits per heavy atom. The van der Waals surface area contributed by atoms with Crippen LogP contribution in [0.5, 0.6) is 0 Å². The van der Waals surface area contributed by atoms with Crippen molar-refractivity contribution in [1.82, 2.24) is 10.2 Å². The molecule has 3 amide bonds. The third-order valence-electron chi connectivity index (χ3n) is 3.90. The first-order valence-corrected chi connectivity index (χ1v) is 10.5. The van der Waals surface area contributed by atoms with Crippen molar-refractivity contribution in [3.8, 4) is 0 Å². The van der Waals surface area contributed by atoms with Gasteiger partial charge in [0.1, 0.15) is 0 Å². The molecule has 1 rings (SSSR count). The Bertz CT molecular complexity index is 531. The molecule has 0 saturated carbocycles. The summed E-state index contributed by atoms with van der Waals surface area (Å²) in [6, 6.07) is 0. The molecule has 0 bridgehead atoms. The van der Waals surface area contributed by atoms with Crippen molar-refractivity contribution in [2.75, 3.05) is 32.1 Å². The predicted octanol–water partition coefficient (Wildman–Crippen LogP) is 1.98. The zero-order chi connectivity index (χ0) is 20.7. The smallest absolute Gasteiger partial charge is 0.242 e. The number of ether oxygens (including phenoxy) is 2. The van der Waals surface area contributed by atoms with E-state index < -0.39 is 5.60 Å². The topological polar surface area (TPSA) is 84.9 Å². The van der Waals surface area contributed by atoms with E-state index in [9.17, 15) is 14.4 Å². The predicted molar refractivity (Wildman–Crippen MR) is 107 cm³/mol. The molecule has 8 heteroatoms. The van der Waals surface area contributed by atoms with Crippen LogP contribution in [0.4, 0.5) is 0 Å². The SMILES string of the molecule is CCSC1CC(=O)N(CCC(=O)NCCOC(C)(C)COC(C)(C)C)C1=O. The molecule has 156 valence electrons. The second kappa shape index (κ2) is 10.4. The molecule has 1 atom stereocenters. The van der Waals surface area contributed by atoms with Gasteiger partial charge in [-0.3, -0.25) is 19.3 Å². The van der Waals surface area contributed by atoms with Crippen LogP contribution in [0, 0.1) is 0 Å². The summed E-state index contributed by atoms with van der Waals surface area (Å²) < 4.78 is 11.5. The Hall–Kier alpha value is -1.12. The molecular formula is C19H34N2O5S. The molecule has 7 nitrogen and oxygen atoms in total. The van der Waals surface area contributed by atoms with Crippen LogP contribution in [0.1, 0.15) is 54.4 Å². The first-order chi connectivity index (χ1) is 12.4. The van der Waals surface area contributed by atoms with Gasteiger partial charge in [-0.1, -0.05) is 6.92 Å². The highest BCUT2D eigenvalue weighted by molar-refractivity contribution is 8.00. The number of hydrogen-bond acceptors (Lipinski definition) is 6. The van der Waals surface area contributed by atoms with Crippen LogP contribution in [0.2, 0.25) is 0 Å². The van der Waals surface area contributed by atoms with Gasteiger partial charge in [-0.15, -0.1) is 11.8 Å². The highest BCUT2D eigenvalue weighted by Gasteiger charge is 2.38. The molecule has 0 aromatic rings. The molecule has 1 heterocycles. The molecular weight excluding hydrogens is 368 g/mol. The fourth-order valence-electron chi connectivity index (χ4n) is 2.47. The number of nitrogens with one attached hydrogen (secondary N) is 1. The van der Waals surface area contributed by atoms with E-state index in [1.165, 1.54) is 16.7 Å². The van der Waals surface area contributed by atoms with Crippen LogP contribution in [-0.4, -0.2) is 71.1 Å².